The molecule has 0 saturated carbocycles. The number of carbonyl (C=O) groups is 1. The van der Waals surface area contributed by atoms with Gasteiger partial charge in [0.15, 0.2) is 5.96 Å². The number of nitrogens with one attached hydrogen (secondary N) is 1. The van der Waals surface area contributed by atoms with E-state index in [1.54, 1.807) is 7.11 Å². The second-order valence-electron chi connectivity index (χ2n) is 4.50. The average molecular weight is 414 g/mol. The van der Waals surface area contributed by atoms with Gasteiger partial charge in [-0.15, -0.1) is 24.0 Å². The molecule has 0 saturated heterocycles. The van der Waals surface area contributed by atoms with Crippen molar-refractivity contribution in [2.24, 2.45) is 4.99 Å². The Kier molecular flexibility index (Phi) is 15.5. The van der Waals surface area contributed by atoms with Gasteiger partial charge in [-0.05, 0) is 27.2 Å². The highest BCUT2D eigenvalue weighted by Crippen LogP contribution is 1.94. The largest absolute Gasteiger partial charge is 0.385 e. The number of aliphatic imine (C=N–C) groups is 1. The number of nitrogens with zero attached hydrogens (tertiary/aromatic N) is 3. The number of hydrogen-bond acceptors (Lipinski definition) is 3. The van der Waals surface area contributed by atoms with E-state index in [4.69, 9.17) is 4.74 Å². The minimum absolute atomic E-state index is 0. The summed E-state index contributed by atoms with van der Waals surface area (Å²) in [6, 6.07) is 0. The molecule has 0 bridgehead atoms. The maximum atomic E-state index is 12.1. The van der Waals surface area contributed by atoms with Gasteiger partial charge in [0, 0.05) is 46.9 Å². The van der Waals surface area contributed by atoms with Crippen molar-refractivity contribution in [3.05, 3.63) is 0 Å². The molecular formula is C14H31IN4O2. The zero-order valence-corrected chi connectivity index (χ0v) is 16.3. The van der Waals surface area contributed by atoms with Crippen molar-refractivity contribution in [2.75, 3.05) is 53.5 Å². The second-order valence-corrected chi connectivity index (χ2v) is 4.50. The van der Waals surface area contributed by atoms with Gasteiger partial charge in [0.25, 0.3) is 0 Å². The van der Waals surface area contributed by atoms with E-state index >= 15 is 0 Å². The van der Waals surface area contributed by atoms with E-state index in [-0.39, 0.29) is 29.9 Å². The summed E-state index contributed by atoms with van der Waals surface area (Å²) in [6.45, 7) is 10.0. The highest BCUT2D eigenvalue weighted by molar-refractivity contribution is 14.0. The van der Waals surface area contributed by atoms with Crippen LogP contribution in [0.4, 0.5) is 0 Å². The molecule has 0 atom stereocenters. The van der Waals surface area contributed by atoms with Crippen LogP contribution in [0.1, 0.15) is 27.2 Å². The molecule has 1 N–H and O–H groups in total. The Labute approximate surface area is 146 Å². The van der Waals surface area contributed by atoms with Crippen LogP contribution in [0.5, 0.6) is 0 Å². The lowest BCUT2D eigenvalue weighted by molar-refractivity contribution is -0.131. The minimum Gasteiger partial charge on any atom is -0.385 e. The number of guanidine groups is 1. The summed E-state index contributed by atoms with van der Waals surface area (Å²) in [4.78, 5) is 20.3. The lowest BCUT2D eigenvalue weighted by Gasteiger charge is -2.25. The fourth-order valence-electron chi connectivity index (χ4n) is 1.82. The molecule has 6 nitrogen and oxygen atoms in total. The van der Waals surface area contributed by atoms with E-state index in [9.17, 15) is 4.79 Å². The number of rotatable bonds is 9. The molecule has 126 valence electrons. The van der Waals surface area contributed by atoms with E-state index < -0.39 is 0 Å². The Bertz CT molecular complexity index is 297. The molecule has 0 aromatic rings. The molecule has 0 aliphatic carbocycles. The van der Waals surface area contributed by atoms with Gasteiger partial charge in [0.05, 0.1) is 6.54 Å². The molecule has 0 rings (SSSR count). The van der Waals surface area contributed by atoms with E-state index in [0.29, 0.717) is 19.7 Å². The number of likely N-dealkylation sites (N-methyl/N-ethyl adjacent to an activating group) is 2. The predicted molar refractivity (Wildman–Crippen MR) is 98.4 cm³/mol. The topological polar surface area (TPSA) is 57.2 Å². The second kappa shape index (κ2) is 14.4. The Morgan fingerprint density at radius 1 is 1.24 bits per heavy atom. The van der Waals surface area contributed by atoms with E-state index in [1.807, 2.05) is 37.6 Å². The number of amides is 1. The molecule has 0 fully saturated rings. The summed E-state index contributed by atoms with van der Waals surface area (Å²) in [5.74, 6) is 0.893. The van der Waals surface area contributed by atoms with Crippen LogP contribution in [0, 0.1) is 0 Å². The van der Waals surface area contributed by atoms with Crippen LogP contribution in [0.25, 0.3) is 0 Å². The summed E-state index contributed by atoms with van der Waals surface area (Å²) >= 11 is 0. The van der Waals surface area contributed by atoms with Crippen molar-refractivity contribution >= 4 is 35.8 Å². The lowest BCUT2D eigenvalue weighted by atomic mass is 10.4. The molecule has 7 heteroatoms. The molecule has 0 aliphatic heterocycles. The van der Waals surface area contributed by atoms with E-state index in [2.05, 4.69) is 10.3 Å². The number of hydrogen-bond donors (Lipinski definition) is 1. The highest BCUT2D eigenvalue weighted by atomic mass is 127. The molecule has 1 amide bonds. The standard InChI is InChI=1S/C14H30N4O2.HI/c1-6-15-14(16-10-9-11-20-5)17(4)12-13(19)18(7-2)8-3;/h6-12H2,1-5H3,(H,15,16);1H. The normalized spacial score (nSPS) is 10.8. The maximum absolute atomic E-state index is 12.1. The Morgan fingerprint density at radius 3 is 2.33 bits per heavy atom. The van der Waals surface area contributed by atoms with Crippen LogP contribution in [-0.4, -0.2) is 75.2 Å². The third-order valence-corrected chi connectivity index (χ3v) is 2.95. The van der Waals surface area contributed by atoms with Crippen molar-refractivity contribution in [1.29, 1.82) is 0 Å². The molecule has 0 aliphatic rings. The molecule has 0 heterocycles. The minimum atomic E-state index is 0. The van der Waals surface area contributed by atoms with Gasteiger partial charge >= 0.3 is 0 Å². The van der Waals surface area contributed by atoms with Gasteiger partial charge in [-0.2, -0.15) is 0 Å². The summed E-state index contributed by atoms with van der Waals surface area (Å²) < 4.78 is 5.01. The third-order valence-electron chi connectivity index (χ3n) is 2.95. The summed E-state index contributed by atoms with van der Waals surface area (Å²) in [5, 5.41) is 3.20. The highest BCUT2D eigenvalue weighted by Gasteiger charge is 2.14. The van der Waals surface area contributed by atoms with Crippen molar-refractivity contribution < 1.29 is 9.53 Å². The molecule has 0 unspecified atom stereocenters. The molecule has 0 radical (unpaired) electrons. The quantitative estimate of drug-likeness (QED) is 0.268. The third kappa shape index (κ3) is 9.89. The van der Waals surface area contributed by atoms with Crippen molar-refractivity contribution in [3.8, 4) is 0 Å². The van der Waals surface area contributed by atoms with Gasteiger partial charge in [0.2, 0.25) is 5.91 Å². The number of methoxy groups -OCH3 is 1. The molecular weight excluding hydrogens is 383 g/mol. The number of carbonyl (C=O) groups excluding carboxylic acids is 1. The van der Waals surface area contributed by atoms with Crippen LogP contribution in [0.2, 0.25) is 0 Å². The Morgan fingerprint density at radius 2 is 1.86 bits per heavy atom. The van der Waals surface area contributed by atoms with Gasteiger partial charge in [-0.25, -0.2) is 0 Å². The lowest BCUT2D eigenvalue weighted by Crippen LogP contribution is -2.45. The fraction of sp³-hybridized carbons (Fsp3) is 0.857. The number of ether oxygens (including phenoxy) is 1. The van der Waals surface area contributed by atoms with E-state index in [0.717, 1.165) is 32.0 Å². The van der Waals surface area contributed by atoms with Crippen molar-refractivity contribution in [3.63, 3.8) is 0 Å². The number of halogens is 1. The van der Waals surface area contributed by atoms with Crippen LogP contribution in [0.3, 0.4) is 0 Å². The molecule has 0 spiro atoms. The average Bonchev–Trinajstić information content (AvgIpc) is 2.43. The summed E-state index contributed by atoms with van der Waals surface area (Å²) in [5.41, 5.74) is 0. The smallest absolute Gasteiger partial charge is 0.242 e. The first-order valence-electron chi connectivity index (χ1n) is 7.36. The van der Waals surface area contributed by atoms with Crippen LogP contribution in [-0.2, 0) is 9.53 Å². The summed E-state index contributed by atoms with van der Waals surface area (Å²) in [6.07, 6.45) is 0.878. The zero-order chi connectivity index (χ0) is 15.4. The first kappa shape index (κ1) is 22.7. The fourth-order valence-corrected chi connectivity index (χ4v) is 1.82. The first-order valence-corrected chi connectivity index (χ1v) is 7.36. The van der Waals surface area contributed by atoms with Crippen LogP contribution in [0.15, 0.2) is 4.99 Å². The molecule has 0 aromatic heterocycles. The van der Waals surface area contributed by atoms with Crippen LogP contribution < -0.4 is 5.32 Å². The zero-order valence-electron chi connectivity index (χ0n) is 14.0. The van der Waals surface area contributed by atoms with Crippen molar-refractivity contribution in [1.82, 2.24) is 15.1 Å². The van der Waals surface area contributed by atoms with Crippen LogP contribution >= 0.6 is 24.0 Å². The van der Waals surface area contributed by atoms with Crippen molar-refractivity contribution in [2.45, 2.75) is 27.2 Å². The Hall–Kier alpha value is -0.570. The monoisotopic (exact) mass is 414 g/mol. The van der Waals surface area contributed by atoms with E-state index in [1.165, 1.54) is 0 Å². The van der Waals surface area contributed by atoms with Gasteiger partial charge < -0.3 is 19.9 Å². The first-order chi connectivity index (χ1) is 9.60. The predicted octanol–water partition coefficient (Wildman–Crippen LogP) is 1.41. The summed E-state index contributed by atoms with van der Waals surface area (Å²) in [7, 11) is 3.57. The Balaban J connectivity index is 0. The van der Waals surface area contributed by atoms with Gasteiger partial charge in [-0.1, -0.05) is 0 Å². The van der Waals surface area contributed by atoms with Gasteiger partial charge in [-0.3, -0.25) is 9.79 Å². The maximum Gasteiger partial charge on any atom is 0.242 e. The molecule has 21 heavy (non-hydrogen) atoms. The molecule has 0 aromatic carbocycles. The van der Waals surface area contributed by atoms with Gasteiger partial charge in [0.1, 0.15) is 0 Å². The SMILES string of the molecule is CCNC(=NCCCOC)N(C)CC(=O)N(CC)CC.I.